The molecular formula is C19H29NO3. The Hall–Kier alpha value is -0.940. The molecule has 4 nitrogen and oxygen atoms in total. The molecule has 4 atom stereocenters. The molecule has 0 bridgehead atoms. The minimum atomic E-state index is -0.443. The highest BCUT2D eigenvalue weighted by atomic mass is 16.5. The number of ether oxygens (including phenoxy) is 2. The zero-order valence-electron chi connectivity index (χ0n) is 14.3. The van der Waals surface area contributed by atoms with Gasteiger partial charge in [0.05, 0.1) is 31.0 Å². The van der Waals surface area contributed by atoms with Gasteiger partial charge in [0.2, 0.25) is 0 Å². The molecule has 0 radical (unpaired) electrons. The molecule has 1 saturated heterocycles. The van der Waals surface area contributed by atoms with Crippen molar-refractivity contribution in [1.29, 1.82) is 0 Å². The number of β-amino-alcohol motifs (C(OH)–C–C–N with tert-alkyl or cyclic N) is 1. The summed E-state index contributed by atoms with van der Waals surface area (Å²) in [5, 5.41) is 10.3. The number of morpholine rings is 1. The molecule has 1 fully saturated rings. The average Bonchev–Trinajstić information content (AvgIpc) is 2.52. The quantitative estimate of drug-likeness (QED) is 0.906. The standard InChI is InChI=1S/C19H29NO3/c1-14-10-20(11-15(2)23-14)12-17(21)13-22-19-9-5-7-16-6-3-4-8-18(16)19/h3-4,6,8,14-15,17,19,21H,5,7,9-13H2,1-2H3/t14-,15+,17-,19-/m0/s1. The van der Waals surface area contributed by atoms with Gasteiger partial charge in [0.25, 0.3) is 0 Å². The molecule has 1 heterocycles. The van der Waals surface area contributed by atoms with E-state index in [1.54, 1.807) is 0 Å². The normalized spacial score (nSPS) is 30.0. The Morgan fingerprint density at radius 1 is 1.26 bits per heavy atom. The van der Waals surface area contributed by atoms with Crippen LogP contribution in [-0.2, 0) is 15.9 Å². The van der Waals surface area contributed by atoms with Crippen LogP contribution in [0.25, 0.3) is 0 Å². The third-order valence-electron chi connectivity index (χ3n) is 4.77. The number of aliphatic hydroxyl groups excluding tert-OH is 1. The van der Waals surface area contributed by atoms with Gasteiger partial charge in [-0.1, -0.05) is 24.3 Å². The van der Waals surface area contributed by atoms with Gasteiger partial charge in [-0.3, -0.25) is 4.90 Å². The monoisotopic (exact) mass is 319 g/mol. The molecule has 1 aromatic carbocycles. The summed E-state index contributed by atoms with van der Waals surface area (Å²) in [6.07, 6.45) is 3.52. The Balaban J connectivity index is 1.49. The van der Waals surface area contributed by atoms with Crippen molar-refractivity contribution < 1.29 is 14.6 Å². The Morgan fingerprint density at radius 3 is 2.78 bits per heavy atom. The second-order valence-corrected chi connectivity index (χ2v) is 7.04. The highest BCUT2D eigenvalue weighted by Gasteiger charge is 2.25. The number of aryl methyl sites for hydroxylation is 1. The van der Waals surface area contributed by atoms with Crippen LogP contribution in [-0.4, -0.2) is 54.6 Å². The number of benzene rings is 1. The van der Waals surface area contributed by atoms with Crippen LogP contribution in [0.15, 0.2) is 24.3 Å². The maximum Gasteiger partial charge on any atom is 0.0900 e. The summed E-state index contributed by atoms with van der Waals surface area (Å²) in [6.45, 7) is 7.00. The molecule has 3 rings (SSSR count). The van der Waals surface area contributed by atoms with Crippen molar-refractivity contribution in [1.82, 2.24) is 4.90 Å². The first-order valence-corrected chi connectivity index (χ1v) is 8.87. The Morgan fingerprint density at radius 2 is 2.00 bits per heavy atom. The minimum Gasteiger partial charge on any atom is -0.389 e. The van der Waals surface area contributed by atoms with Crippen LogP contribution in [0.5, 0.6) is 0 Å². The van der Waals surface area contributed by atoms with Crippen molar-refractivity contribution in [3.05, 3.63) is 35.4 Å². The number of hydrogen-bond donors (Lipinski definition) is 1. The van der Waals surface area contributed by atoms with Crippen molar-refractivity contribution in [2.75, 3.05) is 26.2 Å². The molecular weight excluding hydrogens is 290 g/mol. The van der Waals surface area contributed by atoms with E-state index in [-0.39, 0.29) is 18.3 Å². The smallest absolute Gasteiger partial charge is 0.0900 e. The van der Waals surface area contributed by atoms with Gasteiger partial charge in [-0.15, -0.1) is 0 Å². The van der Waals surface area contributed by atoms with E-state index in [4.69, 9.17) is 9.47 Å². The number of fused-ring (bicyclic) bond motifs is 1. The van der Waals surface area contributed by atoms with Crippen LogP contribution in [0.2, 0.25) is 0 Å². The topological polar surface area (TPSA) is 41.9 Å². The van der Waals surface area contributed by atoms with Crippen molar-refractivity contribution in [2.45, 2.75) is 57.5 Å². The van der Waals surface area contributed by atoms with Crippen LogP contribution in [0.1, 0.15) is 43.9 Å². The van der Waals surface area contributed by atoms with E-state index in [1.807, 2.05) is 0 Å². The molecule has 4 heteroatoms. The first-order chi connectivity index (χ1) is 11.1. The summed E-state index contributed by atoms with van der Waals surface area (Å²) in [5.74, 6) is 0. The lowest BCUT2D eigenvalue weighted by Gasteiger charge is -2.36. The number of aliphatic hydroxyl groups is 1. The Kier molecular flexibility index (Phi) is 5.70. The highest BCUT2D eigenvalue weighted by molar-refractivity contribution is 5.31. The summed E-state index contributed by atoms with van der Waals surface area (Å²) in [7, 11) is 0. The van der Waals surface area contributed by atoms with E-state index in [0.29, 0.717) is 13.2 Å². The van der Waals surface area contributed by atoms with E-state index >= 15 is 0 Å². The third-order valence-corrected chi connectivity index (χ3v) is 4.77. The second kappa shape index (κ2) is 7.75. The molecule has 1 aliphatic heterocycles. The highest BCUT2D eigenvalue weighted by Crippen LogP contribution is 2.32. The molecule has 0 spiro atoms. The number of hydrogen-bond acceptors (Lipinski definition) is 4. The predicted octanol–water partition coefficient (Wildman–Crippen LogP) is 2.55. The predicted molar refractivity (Wildman–Crippen MR) is 90.5 cm³/mol. The Labute approximate surface area is 139 Å². The SMILES string of the molecule is C[C@@H]1CN(C[C@H](O)CO[C@H]2CCCc3ccccc32)C[C@H](C)O1. The maximum atomic E-state index is 10.3. The summed E-state index contributed by atoms with van der Waals surface area (Å²) < 4.78 is 11.8. The van der Waals surface area contributed by atoms with Gasteiger partial charge in [0.1, 0.15) is 0 Å². The van der Waals surface area contributed by atoms with Gasteiger partial charge in [0, 0.05) is 19.6 Å². The van der Waals surface area contributed by atoms with E-state index in [1.165, 1.54) is 11.1 Å². The lowest BCUT2D eigenvalue weighted by Crippen LogP contribution is -2.48. The molecule has 128 valence electrons. The van der Waals surface area contributed by atoms with Gasteiger partial charge in [-0.2, -0.15) is 0 Å². The largest absolute Gasteiger partial charge is 0.389 e. The first kappa shape index (κ1) is 16.9. The van der Waals surface area contributed by atoms with Crippen molar-refractivity contribution >= 4 is 0 Å². The van der Waals surface area contributed by atoms with Gasteiger partial charge < -0.3 is 14.6 Å². The molecule has 23 heavy (non-hydrogen) atoms. The van der Waals surface area contributed by atoms with Gasteiger partial charge in [-0.05, 0) is 44.2 Å². The lowest BCUT2D eigenvalue weighted by atomic mass is 9.89. The summed E-state index contributed by atoms with van der Waals surface area (Å²) in [6, 6.07) is 8.53. The van der Waals surface area contributed by atoms with Crippen LogP contribution < -0.4 is 0 Å². The average molecular weight is 319 g/mol. The second-order valence-electron chi connectivity index (χ2n) is 7.04. The summed E-state index contributed by atoms with van der Waals surface area (Å²) >= 11 is 0. The molecule has 0 amide bonds. The van der Waals surface area contributed by atoms with Gasteiger partial charge >= 0.3 is 0 Å². The summed E-state index contributed by atoms with van der Waals surface area (Å²) in [5.41, 5.74) is 2.70. The molecule has 1 aliphatic carbocycles. The molecule has 0 saturated carbocycles. The summed E-state index contributed by atoms with van der Waals surface area (Å²) in [4.78, 5) is 2.28. The third kappa shape index (κ3) is 4.54. The van der Waals surface area contributed by atoms with E-state index in [2.05, 4.69) is 43.0 Å². The molecule has 0 aromatic heterocycles. The maximum absolute atomic E-state index is 10.3. The van der Waals surface area contributed by atoms with Crippen LogP contribution >= 0.6 is 0 Å². The van der Waals surface area contributed by atoms with Gasteiger partial charge in [0.15, 0.2) is 0 Å². The van der Waals surface area contributed by atoms with Crippen LogP contribution in [0.3, 0.4) is 0 Å². The first-order valence-electron chi connectivity index (χ1n) is 8.87. The molecule has 0 unspecified atom stereocenters. The van der Waals surface area contributed by atoms with Crippen molar-refractivity contribution in [3.63, 3.8) is 0 Å². The number of nitrogens with zero attached hydrogens (tertiary/aromatic N) is 1. The number of rotatable bonds is 5. The zero-order chi connectivity index (χ0) is 16.2. The Bertz CT molecular complexity index is 497. The van der Waals surface area contributed by atoms with Crippen molar-refractivity contribution in [3.8, 4) is 0 Å². The fourth-order valence-corrected chi connectivity index (χ4v) is 3.89. The zero-order valence-corrected chi connectivity index (χ0v) is 14.3. The lowest BCUT2D eigenvalue weighted by molar-refractivity contribution is -0.0867. The van der Waals surface area contributed by atoms with Gasteiger partial charge in [-0.25, -0.2) is 0 Å². The van der Waals surface area contributed by atoms with E-state index in [9.17, 15) is 5.11 Å². The molecule has 2 aliphatic rings. The molecule has 1 aromatic rings. The minimum absolute atomic E-state index is 0.136. The van der Waals surface area contributed by atoms with E-state index in [0.717, 1.165) is 32.4 Å². The fraction of sp³-hybridized carbons (Fsp3) is 0.684. The van der Waals surface area contributed by atoms with E-state index < -0.39 is 6.10 Å². The fourth-order valence-electron chi connectivity index (χ4n) is 3.89. The van der Waals surface area contributed by atoms with Crippen LogP contribution in [0.4, 0.5) is 0 Å². The molecule has 1 N–H and O–H groups in total. The van der Waals surface area contributed by atoms with Crippen molar-refractivity contribution in [2.24, 2.45) is 0 Å². The van der Waals surface area contributed by atoms with Crippen LogP contribution in [0, 0.1) is 0 Å².